The third-order valence-corrected chi connectivity index (χ3v) is 6.90. The second-order valence-corrected chi connectivity index (χ2v) is 9.59. The molecule has 4 rings (SSSR count). The summed E-state index contributed by atoms with van der Waals surface area (Å²) in [7, 11) is -3.56. The molecule has 0 spiro atoms. The molecule has 0 saturated heterocycles. The SMILES string of the molecule is O=C(NCc1ccccc1)Nc1ccc(S(=O)(=O)Cc2ccccc2-c2ccccc2)cc1. The topological polar surface area (TPSA) is 75.3 Å². The second kappa shape index (κ2) is 10.1. The van der Waals surface area contributed by atoms with E-state index in [1.165, 1.54) is 12.1 Å². The number of hydrogen-bond acceptors (Lipinski definition) is 3. The number of hydrogen-bond donors (Lipinski definition) is 2. The zero-order chi connectivity index (χ0) is 23.1. The predicted molar refractivity (Wildman–Crippen MR) is 132 cm³/mol. The first kappa shape index (κ1) is 22.3. The van der Waals surface area contributed by atoms with Crippen molar-refractivity contribution in [3.05, 3.63) is 120 Å². The molecule has 166 valence electrons. The molecule has 0 heterocycles. The zero-order valence-corrected chi connectivity index (χ0v) is 18.8. The van der Waals surface area contributed by atoms with E-state index >= 15 is 0 Å². The van der Waals surface area contributed by atoms with Gasteiger partial charge in [0.2, 0.25) is 0 Å². The summed E-state index contributed by atoms with van der Waals surface area (Å²) < 4.78 is 26.2. The molecule has 0 aliphatic heterocycles. The van der Waals surface area contributed by atoms with Crippen LogP contribution < -0.4 is 10.6 Å². The molecule has 33 heavy (non-hydrogen) atoms. The first-order chi connectivity index (χ1) is 16.0. The molecule has 4 aromatic rings. The third-order valence-electron chi connectivity index (χ3n) is 5.21. The van der Waals surface area contributed by atoms with Gasteiger partial charge in [0.15, 0.2) is 9.84 Å². The van der Waals surface area contributed by atoms with E-state index in [1.54, 1.807) is 12.1 Å². The average molecular weight is 457 g/mol. The standard InChI is InChI=1S/C27H24N2O3S/c30-27(28-19-21-9-3-1-4-10-21)29-24-15-17-25(18-16-24)33(31,32)20-23-13-7-8-14-26(23)22-11-5-2-6-12-22/h1-18H,19-20H2,(H2,28,29,30). The summed E-state index contributed by atoms with van der Waals surface area (Å²) in [5, 5.41) is 5.50. The molecule has 2 N–H and O–H groups in total. The van der Waals surface area contributed by atoms with Crippen LogP contribution in [0.4, 0.5) is 10.5 Å². The number of amides is 2. The van der Waals surface area contributed by atoms with Crippen molar-refractivity contribution in [3.63, 3.8) is 0 Å². The van der Waals surface area contributed by atoms with Crippen LogP contribution in [-0.4, -0.2) is 14.4 Å². The Labute approximate surface area is 194 Å². The number of sulfone groups is 1. The lowest BCUT2D eigenvalue weighted by atomic mass is 10.0. The van der Waals surface area contributed by atoms with E-state index in [0.29, 0.717) is 12.2 Å². The Hall–Kier alpha value is -3.90. The van der Waals surface area contributed by atoms with Crippen LogP contribution in [0, 0.1) is 0 Å². The van der Waals surface area contributed by atoms with Gasteiger partial charge in [-0.15, -0.1) is 0 Å². The van der Waals surface area contributed by atoms with Gasteiger partial charge in [0, 0.05) is 12.2 Å². The fraction of sp³-hybridized carbons (Fsp3) is 0.0741. The average Bonchev–Trinajstić information content (AvgIpc) is 2.84. The lowest BCUT2D eigenvalue weighted by Crippen LogP contribution is -2.28. The van der Waals surface area contributed by atoms with Gasteiger partial charge in [0.25, 0.3) is 0 Å². The van der Waals surface area contributed by atoms with Gasteiger partial charge in [-0.25, -0.2) is 13.2 Å². The van der Waals surface area contributed by atoms with E-state index in [2.05, 4.69) is 10.6 Å². The van der Waals surface area contributed by atoms with Crippen molar-refractivity contribution >= 4 is 21.6 Å². The van der Waals surface area contributed by atoms with Crippen LogP contribution in [0.3, 0.4) is 0 Å². The largest absolute Gasteiger partial charge is 0.334 e. The van der Waals surface area contributed by atoms with Gasteiger partial charge in [0.1, 0.15) is 0 Å². The summed E-state index contributed by atoms with van der Waals surface area (Å²) in [4.78, 5) is 12.3. The maximum atomic E-state index is 13.1. The Morgan fingerprint density at radius 2 is 1.30 bits per heavy atom. The molecule has 0 aromatic heterocycles. The highest BCUT2D eigenvalue weighted by atomic mass is 32.2. The minimum Gasteiger partial charge on any atom is -0.334 e. The molecule has 0 aliphatic rings. The number of benzene rings is 4. The van der Waals surface area contributed by atoms with Gasteiger partial charge in [-0.1, -0.05) is 84.9 Å². The molecular formula is C27H24N2O3S. The molecule has 0 fully saturated rings. The second-order valence-electron chi connectivity index (χ2n) is 7.60. The number of urea groups is 1. The fourth-order valence-corrected chi connectivity index (χ4v) is 4.91. The maximum Gasteiger partial charge on any atom is 0.319 e. The number of anilines is 1. The molecule has 4 aromatic carbocycles. The number of carbonyl (C=O) groups excluding carboxylic acids is 1. The van der Waals surface area contributed by atoms with E-state index in [9.17, 15) is 13.2 Å². The van der Waals surface area contributed by atoms with Gasteiger partial charge in [-0.3, -0.25) is 0 Å². The highest BCUT2D eigenvalue weighted by Crippen LogP contribution is 2.27. The Morgan fingerprint density at radius 3 is 2.00 bits per heavy atom. The molecule has 0 aliphatic carbocycles. The molecule has 0 atom stereocenters. The third kappa shape index (κ3) is 5.87. The van der Waals surface area contributed by atoms with Crippen LogP contribution in [-0.2, 0) is 22.1 Å². The number of nitrogens with one attached hydrogen (secondary N) is 2. The monoisotopic (exact) mass is 456 g/mol. The van der Waals surface area contributed by atoms with Crippen LogP contribution in [0.25, 0.3) is 11.1 Å². The summed E-state index contributed by atoms with van der Waals surface area (Å²) >= 11 is 0. The van der Waals surface area contributed by atoms with Gasteiger partial charge < -0.3 is 10.6 Å². The summed E-state index contributed by atoms with van der Waals surface area (Å²) in [6, 6.07) is 32.7. The van der Waals surface area contributed by atoms with Gasteiger partial charge in [-0.2, -0.15) is 0 Å². The molecule has 0 radical (unpaired) electrons. The summed E-state index contributed by atoms with van der Waals surface area (Å²) in [6.45, 7) is 0.403. The quantitative estimate of drug-likeness (QED) is 0.377. The highest BCUT2D eigenvalue weighted by Gasteiger charge is 2.18. The molecule has 5 nitrogen and oxygen atoms in total. The Bertz CT molecular complexity index is 1320. The van der Waals surface area contributed by atoms with E-state index in [-0.39, 0.29) is 16.7 Å². The molecule has 6 heteroatoms. The molecular weight excluding hydrogens is 432 g/mol. The Balaban J connectivity index is 1.43. The smallest absolute Gasteiger partial charge is 0.319 e. The minimum absolute atomic E-state index is 0.109. The van der Waals surface area contributed by atoms with Crippen LogP contribution in [0.2, 0.25) is 0 Å². The lowest BCUT2D eigenvalue weighted by molar-refractivity contribution is 0.251. The Morgan fingerprint density at radius 1 is 0.697 bits per heavy atom. The molecule has 2 amide bonds. The maximum absolute atomic E-state index is 13.1. The van der Waals surface area contributed by atoms with Crippen molar-refractivity contribution in [3.8, 4) is 11.1 Å². The van der Waals surface area contributed by atoms with Crippen LogP contribution >= 0.6 is 0 Å². The van der Waals surface area contributed by atoms with Crippen molar-refractivity contribution < 1.29 is 13.2 Å². The molecule has 0 unspecified atom stereocenters. The summed E-state index contributed by atoms with van der Waals surface area (Å²) in [6.07, 6.45) is 0. The van der Waals surface area contributed by atoms with Crippen molar-refractivity contribution in [2.75, 3.05) is 5.32 Å². The number of carbonyl (C=O) groups is 1. The van der Waals surface area contributed by atoms with Crippen molar-refractivity contribution in [2.45, 2.75) is 17.2 Å². The Kier molecular flexibility index (Phi) is 6.86. The highest BCUT2D eigenvalue weighted by molar-refractivity contribution is 7.90. The van der Waals surface area contributed by atoms with E-state index in [1.807, 2.05) is 84.9 Å². The number of rotatable bonds is 7. The van der Waals surface area contributed by atoms with Crippen molar-refractivity contribution in [1.82, 2.24) is 5.32 Å². The molecule has 0 saturated carbocycles. The van der Waals surface area contributed by atoms with Crippen molar-refractivity contribution in [1.29, 1.82) is 0 Å². The van der Waals surface area contributed by atoms with Gasteiger partial charge >= 0.3 is 6.03 Å². The van der Waals surface area contributed by atoms with Gasteiger partial charge in [-0.05, 0) is 46.5 Å². The van der Waals surface area contributed by atoms with E-state index < -0.39 is 9.84 Å². The molecule has 0 bridgehead atoms. The van der Waals surface area contributed by atoms with E-state index in [4.69, 9.17) is 0 Å². The van der Waals surface area contributed by atoms with Crippen molar-refractivity contribution in [2.24, 2.45) is 0 Å². The summed E-state index contributed by atoms with van der Waals surface area (Å²) in [5.74, 6) is -0.109. The normalized spacial score (nSPS) is 11.0. The minimum atomic E-state index is -3.56. The first-order valence-corrected chi connectivity index (χ1v) is 12.2. The summed E-state index contributed by atoms with van der Waals surface area (Å²) in [5.41, 5.74) is 4.12. The van der Waals surface area contributed by atoms with Crippen LogP contribution in [0.5, 0.6) is 0 Å². The zero-order valence-electron chi connectivity index (χ0n) is 17.9. The lowest BCUT2D eigenvalue weighted by Gasteiger charge is -2.12. The fourth-order valence-electron chi connectivity index (χ4n) is 3.53. The van der Waals surface area contributed by atoms with Crippen LogP contribution in [0.15, 0.2) is 114 Å². The predicted octanol–water partition coefficient (Wildman–Crippen LogP) is 5.65. The van der Waals surface area contributed by atoms with Gasteiger partial charge in [0.05, 0.1) is 10.6 Å². The first-order valence-electron chi connectivity index (χ1n) is 10.6. The van der Waals surface area contributed by atoms with E-state index in [0.717, 1.165) is 22.3 Å². The van der Waals surface area contributed by atoms with Crippen LogP contribution in [0.1, 0.15) is 11.1 Å².